The molecular formula is C12H24N2. The molecule has 2 heteroatoms. The molecule has 0 aromatic heterocycles. The van der Waals surface area contributed by atoms with Crippen LogP contribution in [0.1, 0.15) is 46.0 Å². The van der Waals surface area contributed by atoms with E-state index in [-0.39, 0.29) is 0 Å². The van der Waals surface area contributed by atoms with Gasteiger partial charge in [-0.1, -0.05) is 19.8 Å². The van der Waals surface area contributed by atoms with E-state index in [4.69, 9.17) is 5.73 Å². The van der Waals surface area contributed by atoms with E-state index in [9.17, 15) is 0 Å². The van der Waals surface area contributed by atoms with Crippen molar-refractivity contribution in [2.24, 2.45) is 11.7 Å². The summed E-state index contributed by atoms with van der Waals surface area (Å²) in [7, 11) is 0. The monoisotopic (exact) mass is 196 g/mol. The number of hydrogen-bond acceptors (Lipinski definition) is 2. The Morgan fingerprint density at radius 3 is 2.50 bits per heavy atom. The third-order valence-electron chi connectivity index (χ3n) is 4.42. The Kier molecular flexibility index (Phi) is 2.85. The van der Waals surface area contributed by atoms with Crippen LogP contribution in [0.3, 0.4) is 0 Å². The number of piperidine rings is 1. The third kappa shape index (κ3) is 1.82. The van der Waals surface area contributed by atoms with Gasteiger partial charge in [-0.15, -0.1) is 0 Å². The Morgan fingerprint density at radius 2 is 1.93 bits per heavy atom. The van der Waals surface area contributed by atoms with E-state index in [2.05, 4.69) is 18.7 Å². The number of hydrogen-bond donors (Lipinski definition) is 1. The molecule has 82 valence electrons. The van der Waals surface area contributed by atoms with Gasteiger partial charge in [0.25, 0.3) is 0 Å². The van der Waals surface area contributed by atoms with Gasteiger partial charge in [0, 0.05) is 24.7 Å². The summed E-state index contributed by atoms with van der Waals surface area (Å²) in [4.78, 5) is 2.70. The molecule has 0 bridgehead atoms. The van der Waals surface area contributed by atoms with E-state index >= 15 is 0 Å². The molecule has 2 N–H and O–H groups in total. The van der Waals surface area contributed by atoms with Gasteiger partial charge in [-0.2, -0.15) is 0 Å². The maximum atomic E-state index is 6.06. The molecule has 1 saturated heterocycles. The van der Waals surface area contributed by atoms with Crippen molar-refractivity contribution in [3.8, 4) is 0 Å². The molecule has 2 fully saturated rings. The Morgan fingerprint density at radius 1 is 1.29 bits per heavy atom. The first-order valence-electron chi connectivity index (χ1n) is 6.12. The minimum Gasteiger partial charge on any atom is -0.327 e. The molecule has 2 aliphatic rings. The van der Waals surface area contributed by atoms with Crippen molar-refractivity contribution in [1.29, 1.82) is 0 Å². The normalized spacial score (nSPS) is 38.8. The van der Waals surface area contributed by atoms with Crippen molar-refractivity contribution in [1.82, 2.24) is 4.90 Å². The summed E-state index contributed by atoms with van der Waals surface area (Å²) in [6.45, 7) is 7.19. The summed E-state index contributed by atoms with van der Waals surface area (Å²) in [5.74, 6) is 0.682. The molecule has 2 nitrogen and oxygen atoms in total. The van der Waals surface area contributed by atoms with E-state index in [1.807, 2.05) is 0 Å². The quantitative estimate of drug-likeness (QED) is 0.695. The molecule has 1 saturated carbocycles. The Hall–Kier alpha value is -0.0800. The van der Waals surface area contributed by atoms with Crippen molar-refractivity contribution < 1.29 is 0 Å². The number of likely N-dealkylation sites (tertiary alicyclic amines) is 1. The zero-order valence-electron chi connectivity index (χ0n) is 9.63. The van der Waals surface area contributed by atoms with Gasteiger partial charge in [-0.3, -0.25) is 4.90 Å². The number of nitrogens with zero attached hydrogens (tertiary/aromatic N) is 1. The summed E-state index contributed by atoms with van der Waals surface area (Å²) < 4.78 is 0. The average molecular weight is 196 g/mol. The van der Waals surface area contributed by atoms with E-state index in [0.29, 0.717) is 17.5 Å². The van der Waals surface area contributed by atoms with Gasteiger partial charge in [-0.25, -0.2) is 0 Å². The van der Waals surface area contributed by atoms with Crippen molar-refractivity contribution in [3.63, 3.8) is 0 Å². The van der Waals surface area contributed by atoms with E-state index in [1.165, 1.54) is 45.2 Å². The fourth-order valence-corrected chi connectivity index (χ4v) is 3.11. The second-order valence-corrected chi connectivity index (χ2v) is 5.58. The molecule has 2 atom stereocenters. The first kappa shape index (κ1) is 10.4. The highest BCUT2D eigenvalue weighted by atomic mass is 15.2. The van der Waals surface area contributed by atoms with Gasteiger partial charge >= 0.3 is 0 Å². The Labute approximate surface area is 87.8 Å². The molecule has 14 heavy (non-hydrogen) atoms. The summed E-state index contributed by atoms with van der Waals surface area (Å²) >= 11 is 0. The molecule has 0 aromatic carbocycles. The SMILES string of the molecule is CC1CN(C2(C)CCCC2)CCC1N. The first-order chi connectivity index (χ1) is 6.62. The molecule has 2 unspecified atom stereocenters. The maximum Gasteiger partial charge on any atom is 0.0181 e. The molecule has 0 radical (unpaired) electrons. The van der Waals surface area contributed by atoms with Gasteiger partial charge in [0.15, 0.2) is 0 Å². The van der Waals surface area contributed by atoms with Crippen LogP contribution in [-0.2, 0) is 0 Å². The summed E-state index contributed by atoms with van der Waals surface area (Å²) in [6, 6.07) is 0.441. The predicted octanol–water partition coefficient (Wildman–Crippen LogP) is 1.99. The van der Waals surface area contributed by atoms with Crippen molar-refractivity contribution in [2.75, 3.05) is 13.1 Å². The highest BCUT2D eigenvalue weighted by molar-refractivity contribution is 4.94. The second-order valence-electron chi connectivity index (χ2n) is 5.58. The lowest BCUT2D eigenvalue weighted by atomic mass is 9.88. The van der Waals surface area contributed by atoms with Gasteiger partial charge in [-0.05, 0) is 32.1 Å². The molecule has 0 aromatic rings. The van der Waals surface area contributed by atoms with E-state index in [0.717, 1.165) is 0 Å². The molecule has 2 rings (SSSR count). The van der Waals surface area contributed by atoms with Gasteiger partial charge in [0.05, 0.1) is 0 Å². The largest absolute Gasteiger partial charge is 0.327 e. The lowest BCUT2D eigenvalue weighted by Crippen LogP contribution is -2.54. The average Bonchev–Trinajstić information content (AvgIpc) is 2.58. The highest BCUT2D eigenvalue weighted by Crippen LogP contribution is 2.36. The second kappa shape index (κ2) is 3.82. The number of nitrogens with two attached hydrogens (primary N) is 1. The fraction of sp³-hybridized carbons (Fsp3) is 1.00. The Balaban J connectivity index is 1.98. The van der Waals surface area contributed by atoms with Crippen LogP contribution in [0.15, 0.2) is 0 Å². The van der Waals surface area contributed by atoms with Crippen LogP contribution < -0.4 is 5.73 Å². The third-order valence-corrected chi connectivity index (χ3v) is 4.42. The van der Waals surface area contributed by atoms with Crippen molar-refractivity contribution >= 4 is 0 Å². The standard InChI is InChI=1S/C12H24N2/c1-10-9-14(8-5-11(10)13)12(2)6-3-4-7-12/h10-11H,3-9,13H2,1-2H3. The van der Waals surface area contributed by atoms with Crippen LogP contribution in [0.4, 0.5) is 0 Å². The highest BCUT2D eigenvalue weighted by Gasteiger charge is 2.37. The number of rotatable bonds is 1. The van der Waals surface area contributed by atoms with Gasteiger partial charge in [0.2, 0.25) is 0 Å². The lowest BCUT2D eigenvalue weighted by Gasteiger charge is -2.45. The molecule has 0 amide bonds. The Bertz CT molecular complexity index is 196. The molecule has 0 spiro atoms. The zero-order chi connectivity index (χ0) is 10.2. The smallest absolute Gasteiger partial charge is 0.0181 e. The molecule has 1 aliphatic carbocycles. The first-order valence-corrected chi connectivity index (χ1v) is 6.12. The molecular weight excluding hydrogens is 172 g/mol. The van der Waals surface area contributed by atoms with Gasteiger partial charge in [0.1, 0.15) is 0 Å². The summed E-state index contributed by atoms with van der Waals surface area (Å²) in [5, 5.41) is 0. The maximum absolute atomic E-state index is 6.06. The summed E-state index contributed by atoms with van der Waals surface area (Å²) in [6.07, 6.45) is 6.83. The summed E-state index contributed by atoms with van der Waals surface area (Å²) in [5.41, 5.74) is 6.56. The van der Waals surface area contributed by atoms with E-state index < -0.39 is 0 Å². The minimum atomic E-state index is 0.441. The topological polar surface area (TPSA) is 29.3 Å². The van der Waals surface area contributed by atoms with Crippen LogP contribution in [0, 0.1) is 5.92 Å². The van der Waals surface area contributed by atoms with E-state index in [1.54, 1.807) is 0 Å². The zero-order valence-corrected chi connectivity index (χ0v) is 9.63. The molecule has 1 heterocycles. The van der Waals surface area contributed by atoms with Crippen LogP contribution in [0.5, 0.6) is 0 Å². The van der Waals surface area contributed by atoms with Crippen molar-refractivity contribution in [2.45, 2.75) is 57.5 Å². The van der Waals surface area contributed by atoms with Crippen LogP contribution in [0.2, 0.25) is 0 Å². The predicted molar refractivity (Wildman–Crippen MR) is 60.2 cm³/mol. The van der Waals surface area contributed by atoms with Crippen LogP contribution in [-0.4, -0.2) is 29.6 Å². The van der Waals surface area contributed by atoms with Crippen molar-refractivity contribution in [3.05, 3.63) is 0 Å². The lowest BCUT2D eigenvalue weighted by molar-refractivity contribution is 0.0544. The minimum absolute atomic E-state index is 0.441. The van der Waals surface area contributed by atoms with Gasteiger partial charge < -0.3 is 5.73 Å². The fourth-order valence-electron chi connectivity index (χ4n) is 3.11. The molecule has 1 aliphatic heterocycles. The van der Waals surface area contributed by atoms with Crippen LogP contribution >= 0.6 is 0 Å². The van der Waals surface area contributed by atoms with Crippen LogP contribution in [0.25, 0.3) is 0 Å².